The van der Waals surface area contributed by atoms with Gasteiger partial charge in [0.25, 0.3) is 0 Å². The highest BCUT2D eigenvalue weighted by Gasteiger charge is 2.04. The molecule has 0 radical (unpaired) electrons. The molecule has 2 aromatic carbocycles. The standard InChI is InChI=1S/C19H19ClN4O/c1-25-17-9-5-3-7-15(17)13-22-18-10-11-21-19(24-18)23-12-14-6-2-4-8-16(14)20/h2-11H,12-13H2,1H3,(H2,21,22,23,24). The fourth-order valence-corrected chi connectivity index (χ4v) is 2.60. The average molecular weight is 355 g/mol. The van der Waals surface area contributed by atoms with Crippen LogP contribution in [0, 0.1) is 0 Å². The fourth-order valence-electron chi connectivity index (χ4n) is 2.39. The average Bonchev–Trinajstić information content (AvgIpc) is 2.66. The van der Waals surface area contributed by atoms with Crippen LogP contribution in [0.2, 0.25) is 5.02 Å². The van der Waals surface area contributed by atoms with Crippen LogP contribution in [0.25, 0.3) is 0 Å². The number of nitrogens with one attached hydrogen (secondary N) is 2. The maximum atomic E-state index is 6.16. The van der Waals surface area contributed by atoms with Gasteiger partial charge in [-0.25, -0.2) is 4.98 Å². The lowest BCUT2D eigenvalue weighted by Gasteiger charge is -2.11. The molecule has 0 bridgehead atoms. The first-order chi connectivity index (χ1) is 12.3. The van der Waals surface area contributed by atoms with Crippen molar-refractivity contribution >= 4 is 23.4 Å². The number of benzene rings is 2. The number of hydrogen-bond donors (Lipinski definition) is 2. The number of ether oxygens (including phenoxy) is 1. The normalized spacial score (nSPS) is 10.3. The smallest absolute Gasteiger partial charge is 0.224 e. The van der Waals surface area contributed by atoms with Crippen molar-refractivity contribution in [1.29, 1.82) is 0 Å². The summed E-state index contributed by atoms with van der Waals surface area (Å²) in [5.41, 5.74) is 2.06. The molecule has 3 aromatic rings. The number of rotatable bonds is 7. The van der Waals surface area contributed by atoms with E-state index in [0.717, 1.165) is 27.7 Å². The molecule has 3 rings (SSSR count). The van der Waals surface area contributed by atoms with Gasteiger partial charge in [0, 0.05) is 29.9 Å². The van der Waals surface area contributed by atoms with Gasteiger partial charge in [0.1, 0.15) is 11.6 Å². The monoisotopic (exact) mass is 354 g/mol. The zero-order valence-corrected chi connectivity index (χ0v) is 14.6. The van der Waals surface area contributed by atoms with Crippen LogP contribution in [-0.4, -0.2) is 17.1 Å². The van der Waals surface area contributed by atoms with Gasteiger partial charge in [0.2, 0.25) is 5.95 Å². The third-order valence-corrected chi connectivity index (χ3v) is 4.07. The Morgan fingerprint density at radius 3 is 2.44 bits per heavy atom. The van der Waals surface area contributed by atoms with E-state index in [1.54, 1.807) is 13.3 Å². The van der Waals surface area contributed by atoms with Gasteiger partial charge in [0.05, 0.1) is 7.11 Å². The van der Waals surface area contributed by atoms with E-state index in [1.165, 1.54) is 0 Å². The lowest BCUT2D eigenvalue weighted by atomic mass is 10.2. The molecule has 5 nitrogen and oxygen atoms in total. The molecule has 128 valence electrons. The largest absolute Gasteiger partial charge is 0.496 e. The molecular formula is C19H19ClN4O. The van der Waals surface area contributed by atoms with Crippen molar-refractivity contribution < 1.29 is 4.74 Å². The summed E-state index contributed by atoms with van der Waals surface area (Å²) in [7, 11) is 1.67. The summed E-state index contributed by atoms with van der Waals surface area (Å²) in [6, 6.07) is 17.4. The van der Waals surface area contributed by atoms with Crippen molar-refractivity contribution in [2.75, 3.05) is 17.7 Å². The van der Waals surface area contributed by atoms with Gasteiger partial charge in [0.15, 0.2) is 0 Å². The van der Waals surface area contributed by atoms with Gasteiger partial charge < -0.3 is 15.4 Å². The van der Waals surface area contributed by atoms with Gasteiger partial charge in [-0.05, 0) is 23.8 Å². The van der Waals surface area contributed by atoms with Gasteiger partial charge in [-0.15, -0.1) is 0 Å². The summed E-state index contributed by atoms with van der Waals surface area (Å²) in [6.45, 7) is 1.18. The lowest BCUT2D eigenvalue weighted by molar-refractivity contribution is 0.410. The summed E-state index contributed by atoms with van der Waals surface area (Å²) >= 11 is 6.16. The quantitative estimate of drug-likeness (QED) is 0.660. The second-order valence-electron chi connectivity index (χ2n) is 5.38. The Hall–Kier alpha value is -2.79. The molecule has 1 heterocycles. The van der Waals surface area contributed by atoms with E-state index >= 15 is 0 Å². The first-order valence-electron chi connectivity index (χ1n) is 7.92. The second-order valence-corrected chi connectivity index (χ2v) is 5.78. The Kier molecular flexibility index (Phi) is 5.69. The molecule has 0 saturated carbocycles. The van der Waals surface area contributed by atoms with Crippen LogP contribution in [0.4, 0.5) is 11.8 Å². The van der Waals surface area contributed by atoms with Crippen molar-refractivity contribution in [2.24, 2.45) is 0 Å². The number of aromatic nitrogens is 2. The molecule has 0 aliphatic rings. The van der Waals surface area contributed by atoms with Gasteiger partial charge >= 0.3 is 0 Å². The van der Waals surface area contributed by atoms with E-state index in [4.69, 9.17) is 16.3 Å². The minimum absolute atomic E-state index is 0.546. The molecule has 25 heavy (non-hydrogen) atoms. The minimum Gasteiger partial charge on any atom is -0.496 e. The highest BCUT2D eigenvalue weighted by atomic mass is 35.5. The number of methoxy groups -OCH3 is 1. The maximum Gasteiger partial charge on any atom is 0.224 e. The third kappa shape index (κ3) is 4.61. The van der Waals surface area contributed by atoms with Crippen LogP contribution < -0.4 is 15.4 Å². The van der Waals surface area contributed by atoms with E-state index in [0.29, 0.717) is 19.0 Å². The minimum atomic E-state index is 0.546. The zero-order chi connectivity index (χ0) is 17.5. The van der Waals surface area contributed by atoms with E-state index in [-0.39, 0.29) is 0 Å². The Balaban J connectivity index is 1.62. The second kappa shape index (κ2) is 8.35. The summed E-state index contributed by atoms with van der Waals surface area (Å²) in [6.07, 6.45) is 1.71. The summed E-state index contributed by atoms with van der Waals surface area (Å²) in [5.74, 6) is 2.13. The molecule has 0 unspecified atom stereocenters. The van der Waals surface area contributed by atoms with Gasteiger partial charge in [-0.2, -0.15) is 4.98 Å². The van der Waals surface area contributed by atoms with Crippen LogP contribution in [0.3, 0.4) is 0 Å². The molecule has 0 fully saturated rings. The number of anilines is 2. The SMILES string of the molecule is COc1ccccc1CNc1ccnc(NCc2ccccc2Cl)n1. The molecule has 0 saturated heterocycles. The van der Waals surface area contributed by atoms with E-state index in [1.807, 2.05) is 54.6 Å². The lowest BCUT2D eigenvalue weighted by Crippen LogP contribution is -2.07. The number of nitrogens with zero attached hydrogens (tertiary/aromatic N) is 2. The molecular weight excluding hydrogens is 336 g/mol. The molecule has 6 heteroatoms. The Morgan fingerprint density at radius 1 is 0.920 bits per heavy atom. The van der Waals surface area contributed by atoms with Crippen LogP contribution >= 0.6 is 11.6 Å². The first kappa shape index (κ1) is 17.0. The van der Waals surface area contributed by atoms with E-state index in [9.17, 15) is 0 Å². The summed E-state index contributed by atoms with van der Waals surface area (Å²) in [4.78, 5) is 8.71. The van der Waals surface area contributed by atoms with Gasteiger partial charge in [-0.3, -0.25) is 0 Å². The fraction of sp³-hybridized carbons (Fsp3) is 0.158. The van der Waals surface area contributed by atoms with E-state index < -0.39 is 0 Å². The maximum absolute atomic E-state index is 6.16. The highest BCUT2D eigenvalue weighted by Crippen LogP contribution is 2.19. The predicted molar refractivity (Wildman–Crippen MR) is 101 cm³/mol. The molecule has 2 N–H and O–H groups in total. The molecule has 0 amide bonds. The topological polar surface area (TPSA) is 59.1 Å². The third-order valence-electron chi connectivity index (χ3n) is 3.70. The number of halogens is 1. The van der Waals surface area contributed by atoms with Crippen molar-refractivity contribution in [2.45, 2.75) is 13.1 Å². The van der Waals surface area contributed by atoms with Crippen LogP contribution in [0.1, 0.15) is 11.1 Å². The number of para-hydroxylation sites is 1. The first-order valence-corrected chi connectivity index (χ1v) is 8.30. The van der Waals surface area contributed by atoms with Crippen LogP contribution in [0.5, 0.6) is 5.75 Å². The van der Waals surface area contributed by atoms with Crippen molar-refractivity contribution in [3.63, 3.8) is 0 Å². The van der Waals surface area contributed by atoms with Crippen molar-refractivity contribution in [3.05, 3.63) is 76.9 Å². The Labute approximate surface area is 152 Å². The van der Waals surface area contributed by atoms with Gasteiger partial charge in [-0.1, -0.05) is 48.0 Å². The summed E-state index contributed by atoms with van der Waals surface area (Å²) < 4.78 is 5.36. The number of hydrogen-bond acceptors (Lipinski definition) is 5. The molecule has 0 aliphatic carbocycles. The molecule has 0 spiro atoms. The predicted octanol–water partition coefficient (Wildman–Crippen LogP) is 4.36. The Bertz CT molecular complexity index is 841. The van der Waals surface area contributed by atoms with Crippen LogP contribution in [0.15, 0.2) is 60.8 Å². The summed E-state index contributed by atoms with van der Waals surface area (Å²) in [5, 5.41) is 7.20. The zero-order valence-electron chi connectivity index (χ0n) is 13.9. The van der Waals surface area contributed by atoms with Crippen molar-refractivity contribution in [3.8, 4) is 5.75 Å². The molecule has 1 aromatic heterocycles. The molecule has 0 aliphatic heterocycles. The highest BCUT2D eigenvalue weighted by molar-refractivity contribution is 6.31. The van der Waals surface area contributed by atoms with E-state index in [2.05, 4.69) is 20.6 Å². The molecule has 0 atom stereocenters. The van der Waals surface area contributed by atoms with Crippen LogP contribution in [-0.2, 0) is 13.1 Å². The van der Waals surface area contributed by atoms with Crippen molar-refractivity contribution in [1.82, 2.24) is 9.97 Å². The Morgan fingerprint density at radius 2 is 1.64 bits per heavy atom.